The molecule has 0 radical (unpaired) electrons. The molecule has 1 unspecified atom stereocenters. The highest BCUT2D eigenvalue weighted by Gasteiger charge is 2.53. The van der Waals surface area contributed by atoms with Gasteiger partial charge in [-0.15, -0.1) is 10.1 Å². The van der Waals surface area contributed by atoms with Gasteiger partial charge in [0, 0.05) is 21.2 Å². The molecule has 3 amide bonds. The molecule has 1 fully saturated rings. The molecule has 1 saturated heterocycles. The predicted molar refractivity (Wildman–Crippen MR) is 79.0 cm³/mol. The van der Waals surface area contributed by atoms with Gasteiger partial charge in [0.25, 0.3) is 5.91 Å². The fraction of sp³-hybridized carbons (Fsp3) is 0.615. The van der Waals surface area contributed by atoms with Crippen molar-refractivity contribution in [2.24, 2.45) is 10.1 Å². The zero-order chi connectivity index (χ0) is 16.0. The molecule has 0 aromatic rings. The zero-order valence-corrected chi connectivity index (χ0v) is 13.1. The van der Waals surface area contributed by atoms with E-state index in [4.69, 9.17) is 4.74 Å². The molecule has 1 atom stereocenters. The number of fused-ring (bicyclic) bond motifs is 2. The van der Waals surface area contributed by atoms with Crippen LogP contribution < -0.4 is 0 Å². The SMILES string of the molecule is COCCN1N=C(C)C[N+]2=C1N=C1C2C(=O)N(C)C(=O)N1C. The molecule has 3 rings (SSSR count). The van der Waals surface area contributed by atoms with Gasteiger partial charge in [-0.3, -0.25) is 14.6 Å². The normalized spacial score (nSPS) is 24.5. The molecular formula is C13H19N6O3+. The third-order valence-electron chi connectivity index (χ3n) is 3.94. The first-order valence-electron chi connectivity index (χ1n) is 7.03. The van der Waals surface area contributed by atoms with Gasteiger partial charge >= 0.3 is 12.0 Å². The van der Waals surface area contributed by atoms with Crippen molar-refractivity contribution in [1.82, 2.24) is 14.8 Å². The Morgan fingerprint density at radius 1 is 1.32 bits per heavy atom. The molecule has 9 nitrogen and oxygen atoms in total. The Morgan fingerprint density at radius 2 is 2.05 bits per heavy atom. The van der Waals surface area contributed by atoms with Crippen molar-refractivity contribution in [1.29, 1.82) is 0 Å². The third-order valence-corrected chi connectivity index (χ3v) is 3.94. The van der Waals surface area contributed by atoms with Crippen LogP contribution in [0.15, 0.2) is 10.1 Å². The highest BCUT2D eigenvalue weighted by molar-refractivity contribution is 6.23. The number of aliphatic imine (C=N–C) groups is 1. The van der Waals surface area contributed by atoms with Crippen molar-refractivity contribution in [2.75, 3.05) is 40.9 Å². The monoisotopic (exact) mass is 307 g/mol. The van der Waals surface area contributed by atoms with Crippen molar-refractivity contribution >= 4 is 29.4 Å². The molecule has 0 aromatic carbocycles. The van der Waals surface area contributed by atoms with Gasteiger partial charge < -0.3 is 4.74 Å². The van der Waals surface area contributed by atoms with Crippen molar-refractivity contribution in [3.8, 4) is 0 Å². The Bertz CT molecular complexity index is 638. The maximum atomic E-state index is 12.5. The molecule has 3 aliphatic rings. The van der Waals surface area contributed by atoms with Gasteiger partial charge in [-0.05, 0) is 6.92 Å². The molecule has 0 spiro atoms. The number of hydrogen-bond acceptors (Lipinski definition) is 6. The minimum absolute atomic E-state index is 0.266. The average Bonchev–Trinajstić information content (AvgIpc) is 2.87. The van der Waals surface area contributed by atoms with E-state index in [0.717, 1.165) is 10.6 Å². The third kappa shape index (κ3) is 2.00. The first-order chi connectivity index (χ1) is 10.5. The van der Waals surface area contributed by atoms with Gasteiger partial charge in [-0.1, -0.05) is 4.99 Å². The summed E-state index contributed by atoms with van der Waals surface area (Å²) in [6, 6.07) is -0.945. The Kier molecular flexibility index (Phi) is 3.44. The van der Waals surface area contributed by atoms with Crippen molar-refractivity contribution in [2.45, 2.75) is 13.0 Å². The lowest BCUT2D eigenvalue weighted by Gasteiger charge is -2.32. The summed E-state index contributed by atoms with van der Waals surface area (Å²) < 4.78 is 6.98. The average molecular weight is 307 g/mol. The second kappa shape index (κ2) is 5.16. The van der Waals surface area contributed by atoms with E-state index in [1.54, 1.807) is 19.2 Å². The van der Waals surface area contributed by atoms with Crippen LogP contribution in [0.5, 0.6) is 0 Å². The number of methoxy groups -OCH3 is 1. The number of hydrazone groups is 1. The first-order valence-corrected chi connectivity index (χ1v) is 7.03. The molecule has 0 aliphatic carbocycles. The van der Waals surface area contributed by atoms with Crippen LogP contribution in [0, 0.1) is 0 Å². The van der Waals surface area contributed by atoms with Crippen LogP contribution in [0.2, 0.25) is 0 Å². The lowest BCUT2D eigenvalue weighted by molar-refractivity contribution is -0.527. The number of carbonyl (C=O) groups excluding carboxylic acids is 2. The molecule has 0 N–H and O–H groups in total. The molecule has 3 heterocycles. The van der Waals surface area contributed by atoms with E-state index < -0.39 is 6.04 Å². The Labute approximate surface area is 128 Å². The van der Waals surface area contributed by atoms with Gasteiger partial charge in [0.05, 0.1) is 12.3 Å². The van der Waals surface area contributed by atoms with E-state index in [-0.39, 0.29) is 11.9 Å². The van der Waals surface area contributed by atoms with Gasteiger partial charge in [-0.25, -0.2) is 9.37 Å². The number of amides is 3. The molecular weight excluding hydrogens is 288 g/mol. The van der Waals surface area contributed by atoms with Crippen molar-refractivity contribution in [3.63, 3.8) is 0 Å². The highest BCUT2D eigenvalue weighted by atomic mass is 16.5. The first kappa shape index (κ1) is 14.6. The largest absolute Gasteiger partial charge is 0.416 e. The molecule has 0 bridgehead atoms. The number of imide groups is 1. The molecule has 3 aliphatic heterocycles. The number of urea groups is 1. The van der Waals surface area contributed by atoms with Gasteiger partial charge in [0.1, 0.15) is 13.1 Å². The van der Waals surface area contributed by atoms with Gasteiger partial charge in [0.15, 0.2) is 0 Å². The summed E-state index contributed by atoms with van der Waals surface area (Å²) in [6.07, 6.45) is 0. The van der Waals surface area contributed by atoms with E-state index >= 15 is 0 Å². The summed E-state index contributed by atoms with van der Waals surface area (Å²) in [7, 11) is 4.74. The van der Waals surface area contributed by atoms with E-state index in [2.05, 4.69) is 10.1 Å². The lowest BCUT2D eigenvalue weighted by Crippen LogP contribution is -2.62. The van der Waals surface area contributed by atoms with E-state index in [1.807, 2.05) is 11.5 Å². The summed E-state index contributed by atoms with van der Waals surface area (Å²) in [6.45, 7) is 3.44. The van der Waals surface area contributed by atoms with Gasteiger partial charge in [0.2, 0.25) is 11.9 Å². The van der Waals surface area contributed by atoms with Gasteiger partial charge in [-0.2, -0.15) is 0 Å². The zero-order valence-electron chi connectivity index (χ0n) is 13.1. The fourth-order valence-corrected chi connectivity index (χ4v) is 2.81. The Hall–Kier alpha value is -2.29. The fourth-order valence-electron chi connectivity index (χ4n) is 2.81. The maximum Gasteiger partial charge on any atom is 0.416 e. The molecule has 118 valence electrons. The lowest BCUT2D eigenvalue weighted by atomic mass is 10.1. The van der Waals surface area contributed by atoms with Crippen molar-refractivity contribution in [3.05, 3.63) is 0 Å². The Balaban J connectivity index is 1.99. The van der Waals surface area contributed by atoms with E-state index in [0.29, 0.717) is 31.5 Å². The number of amidine groups is 1. The summed E-state index contributed by atoms with van der Waals surface area (Å²) in [5.74, 6) is 0.777. The van der Waals surface area contributed by atoms with Crippen LogP contribution in [0.1, 0.15) is 6.92 Å². The highest BCUT2D eigenvalue weighted by Crippen LogP contribution is 2.21. The number of carbonyl (C=O) groups is 2. The van der Waals surface area contributed by atoms with Crippen LogP contribution >= 0.6 is 0 Å². The van der Waals surface area contributed by atoms with Crippen molar-refractivity contribution < 1.29 is 18.9 Å². The quantitative estimate of drug-likeness (QED) is 0.626. The number of nitrogens with zero attached hydrogens (tertiary/aromatic N) is 6. The number of hydrogen-bond donors (Lipinski definition) is 0. The molecule has 22 heavy (non-hydrogen) atoms. The minimum Gasteiger partial charge on any atom is -0.381 e. The molecule has 0 saturated carbocycles. The van der Waals surface area contributed by atoms with Crippen LogP contribution in [0.4, 0.5) is 4.79 Å². The summed E-state index contributed by atoms with van der Waals surface area (Å²) in [4.78, 5) is 31.6. The smallest absolute Gasteiger partial charge is 0.381 e. The van der Waals surface area contributed by atoms with Crippen LogP contribution in [-0.2, 0) is 9.53 Å². The summed E-state index contributed by atoms with van der Waals surface area (Å²) in [5, 5.41) is 6.19. The predicted octanol–water partition coefficient (Wildman–Crippen LogP) is -1.00. The second-order valence-electron chi connectivity index (χ2n) is 5.49. The van der Waals surface area contributed by atoms with E-state index in [9.17, 15) is 9.59 Å². The standard InChI is InChI=1S/C13H19N6O3/c1-8-7-18-9-10(16(2)13(21)17(3)11(9)20)14-12(18)19(15-8)5-6-22-4/h9H,5-7H2,1-4H3/q+1. The topological polar surface area (TPSA) is 80.8 Å². The number of guanidine groups is 1. The Morgan fingerprint density at radius 3 is 2.73 bits per heavy atom. The second-order valence-corrected chi connectivity index (χ2v) is 5.49. The van der Waals surface area contributed by atoms with Crippen LogP contribution in [0.25, 0.3) is 0 Å². The summed E-state index contributed by atoms with van der Waals surface area (Å²) >= 11 is 0. The number of likely N-dealkylation sites (N-methyl/N-ethyl adjacent to an activating group) is 2. The van der Waals surface area contributed by atoms with Crippen LogP contribution in [0.3, 0.4) is 0 Å². The maximum absolute atomic E-state index is 12.5. The molecule has 0 aromatic heterocycles. The van der Waals surface area contributed by atoms with E-state index in [1.165, 1.54) is 11.9 Å². The van der Waals surface area contributed by atoms with Crippen LogP contribution in [-0.4, -0.2) is 95.8 Å². The number of rotatable bonds is 3. The molecule has 9 heteroatoms. The summed E-state index contributed by atoms with van der Waals surface area (Å²) in [5.41, 5.74) is 0.881. The minimum atomic E-state index is -0.571. The number of ether oxygens (including phenoxy) is 1.